The summed E-state index contributed by atoms with van der Waals surface area (Å²) in [6, 6.07) is 21.8. The van der Waals surface area contributed by atoms with E-state index in [9.17, 15) is 18.0 Å². The van der Waals surface area contributed by atoms with Crippen molar-refractivity contribution in [2.45, 2.75) is 71.0 Å². The smallest absolute Gasteiger partial charge is 0.264 e. The quantitative estimate of drug-likeness (QED) is 0.314. The Morgan fingerprint density at radius 1 is 0.902 bits per heavy atom. The van der Waals surface area contributed by atoms with Crippen LogP contribution in [0.2, 0.25) is 0 Å². The molecule has 0 fully saturated rings. The van der Waals surface area contributed by atoms with Crippen molar-refractivity contribution in [2.24, 2.45) is 0 Å². The van der Waals surface area contributed by atoms with E-state index in [4.69, 9.17) is 4.74 Å². The highest BCUT2D eigenvalue weighted by molar-refractivity contribution is 7.92. The number of sulfonamides is 1. The van der Waals surface area contributed by atoms with Gasteiger partial charge in [-0.05, 0) is 70.9 Å². The first-order chi connectivity index (χ1) is 19.4. The van der Waals surface area contributed by atoms with Crippen LogP contribution in [0.1, 0.15) is 52.2 Å². The summed E-state index contributed by atoms with van der Waals surface area (Å²) in [5.74, 6) is -0.468. The number of benzene rings is 3. The molecule has 8 nitrogen and oxygen atoms in total. The molecule has 0 unspecified atom stereocenters. The number of nitrogens with one attached hydrogen (secondary N) is 1. The molecule has 3 rings (SSSR count). The highest BCUT2D eigenvalue weighted by atomic mass is 32.2. The molecule has 0 aliphatic rings. The summed E-state index contributed by atoms with van der Waals surface area (Å²) in [5, 5.41) is 2.98. The topological polar surface area (TPSA) is 96.0 Å². The van der Waals surface area contributed by atoms with Gasteiger partial charge in [-0.2, -0.15) is 0 Å². The van der Waals surface area contributed by atoms with Crippen LogP contribution in [0, 0.1) is 6.92 Å². The van der Waals surface area contributed by atoms with Gasteiger partial charge in [0, 0.05) is 12.1 Å². The summed E-state index contributed by atoms with van der Waals surface area (Å²) in [7, 11) is -4.19. The summed E-state index contributed by atoms with van der Waals surface area (Å²) in [5.41, 5.74) is 1.47. The molecular weight excluding hydrogens is 538 g/mol. The monoisotopic (exact) mass is 579 g/mol. The van der Waals surface area contributed by atoms with E-state index in [1.165, 1.54) is 17.0 Å². The maximum absolute atomic E-state index is 14.2. The number of amides is 2. The molecule has 0 radical (unpaired) electrons. The molecule has 41 heavy (non-hydrogen) atoms. The Morgan fingerprint density at radius 2 is 1.51 bits per heavy atom. The maximum Gasteiger partial charge on any atom is 0.264 e. The van der Waals surface area contributed by atoms with Crippen molar-refractivity contribution < 1.29 is 22.7 Å². The van der Waals surface area contributed by atoms with E-state index in [2.05, 4.69) is 5.32 Å². The van der Waals surface area contributed by atoms with Crippen LogP contribution < -0.4 is 14.4 Å². The summed E-state index contributed by atoms with van der Waals surface area (Å²) in [6.07, 6.45) is 0.348. The predicted molar refractivity (Wildman–Crippen MR) is 162 cm³/mol. The minimum atomic E-state index is -4.19. The third-order valence-electron chi connectivity index (χ3n) is 6.40. The lowest BCUT2D eigenvalue weighted by atomic mass is 10.1. The summed E-state index contributed by atoms with van der Waals surface area (Å²) >= 11 is 0. The third-order valence-corrected chi connectivity index (χ3v) is 8.18. The fraction of sp³-hybridized carbons (Fsp3) is 0.375. The molecule has 0 saturated heterocycles. The second kappa shape index (κ2) is 13.7. The van der Waals surface area contributed by atoms with Crippen molar-refractivity contribution in [3.05, 3.63) is 90.0 Å². The standard InChI is InChI=1S/C32H41N3O5S/c1-7-27(31(37)33-32(4,5)6)34(22-25-14-10-9-11-15-25)30(36)23-35(28-16-12-13-17-29(28)40-8-2)41(38,39)26-20-18-24(3)19-21-26/h9-21,27H,7-8,22-23H2,1-6H3,(H,33,37)/t27-/m0/s1. The lowest BCUT2D eigenvalue weighted by Gasteiger charge is -2.35. The predicted octanol–water partition coefficient (Wildman–Crippen LogP) is 5.31. The molecule has 0 spiro atoms. The van der Waals surface area contributed by atoms with Gasteiger partial charge in [-0.15, -0.1) is 0 Å². The Morgan fingerprint density at radius 3 is 2.10 bits per heavy atom. The number of carbonyl (C=O) groups is 2. The summed E-state index contributed by atoms with van der Waals surface area (Å²) < 4.78 is 35.0. The largest absolute Gasteiger partial charge is 0.492 e. The summed E-state index contributed by atoms with van der Waals surface area (Å²) in [6.45, 7) is 11.1. The Hall–Kier alpha value is -3.85. The van der Waals surface area contributed by atoms with Crippen molar-refractivity contribution >= 4 is 27.5 Å². The number of ether oxygens (including phenoxy) is 1. The van der Waals surface area contributed by atoms with E-state index in [0.717, 1.165) is 15.4 Å². The van der Waals surface area contributed by atoms with Gasteiger partial charge in [-0.25, -0.2) is 8.42 Å². The van der Waals surface area contributed by atoms with Crippen LogP contribution in [0.3, 0.4) is 0 Å². The van der Waals surface area contributed by atoms with Gasteiger partial charge in [-0.3, -0.25) is 13.9 Å². The van der Waals surface area contributed by atoms with E-state index in [1.807, 2.05) is 71.9 Å². The fourth-order valence-electron chi connectivity index (χ4n) is 4.44. The van der Waals surface area contributed by atoms with E-state index >= 15 is 0 Å². The lowest BCUT2D eigenvalue weighted by Crippen LogP contribution is -2.55. The van der Waals surface area contributed by atoms with Crippen LogP contribution in [0.5, 0.6) is 5.75 Å². The number of hydrogen-bond acceptors (Lipinski definition) is 5. The van der Waals surface area contributed by atoms with Crippen molar-refractivity contribution in [1.29, 1.82) is 0 Å². The number of anilines is 1. The zero-order valence-electron chi connectivity index (χ0n) is 24.8. The van der Waals surface area contributed by atoms with Crippen LogP contribution in [-0.2, 0) is 26.2 Å². The number of hydrogen-bond donors (Lipinski definition) is 1. The van der Waals surface area contributed by atoms with Gasteiger partial charge in [0.2, 0.25) is 11.8 Å². The Labute approximate surface area is 244 Å². The van der Waals surface area contributed by atoms with Crippen molar-refractivity contribution in [3.63, 3.8) is 0 Å². The highest BCUT2D eigenvalue weighted by Gasteiger charge is 2.35. The van der Waals surface area contributed by atoms with Gasteiger partial charge in [0.05, 0.1) is 17.2 Å². The SMILES string of the molecule is CCOc1ccccc1N(CC(=O)N(Cc1ccccc1)[C@@H](CC)C(=O)NC(C)(C)C)S(=O)(=O)c1ccc(C)cc1. The molecule has 1 N–H and O–H groups in total. The van der Waals surface area contributed by atoms with Gasteiger partial charge in [0.15, 0.2) is 0 Å². The van der Waals surface area contributed by atoms with Gasteiger partial charge in [0.1, 0.15) is 18.3 Å². The normalized spacial score (nSPS) is 12.3. The third kappa shape index (κ3) is 8.33. The number of rotatable bonds is 12. The molecule has 0 bridgehead atoms. The summed E-state index contributed by atoms with van der Waals surface area (Å²) in [4.78, 5) is 29.1. The number of nitrogens with zero attached hydrogens (tertiary/aromatic N) is 2. The molecule has 0 heterocycles. The first-order valence-corrected chi connectivity index (χ1v) is 15.3. The maximum atomic E-state index is 14.2. The van der Waals surface area contributed by atoms with Crippen LogP contribution >= 0.6 is 0 Å². The van der Waals surface area contributed by atoms with Crippen LogP contribution in [0.25, 0.3) is 0 Å². The Balaban J connectivity index is 2.11. The first kappa shape index (κ1) is 31.7. The van der Waals surface area contributed by atoms with Crippen LogP contribution in [-0.4, -0.2) is 49.9 Å². The average molecular weight is 580 g/mol. The van der Waals surface area contributed by atoms with Gasteiger partial charge >= 0.3 is 0 Å². The number of para-hydroxylation sites is 2. The molecule has 0 saturated carbocycles. The molecule has 220 valence electrons. The van der Waals surface area contributed by atoms with E-state index in [0.29, 0.717) is 18.8 Å². The number of aryl methyl sites for hydroxylation is 1. The number of carbonyl (C=O) groups excluding carboxylic acids is 2. The Bertz CT molecular complexity index is 1420. The molecule has 2 amide bonds. The molecule has 0 aromatic heterocycles. The van der Waals surface area contributed by atoms with Crippen molar-refractivity contribution in [3.8, 4) is 5.75 Å². The van der Waals surface area contributed by atoms with Crippen LogP contribution in [0.15, 0.2) is 83.8 Å². The molecule has 9 heteroatoms. The van der Waals surface area contributed by atoms with E-state index in [-0.39, 0.29) is 23.0 Å². The second-order valence-electron chi connectivity index (χ2n) is 10.9. The highest BCUT2D eigenvalue weighted by Crippen LogP contribution is 2.33. The van der Waals surface area contributed by atoms with Gasteiger partial charge < -0.3 is 15.0 Å². The molecule has 3 aromatic carbocycles. The Kier molecular flexibility index (Phi) is 10.6. The van der Waals surface area contributed by atoms with Gasteiger partial charge in [0.25, 0.3) is 10.0 Å². The van der Waals surface area contributed by atoms with Gasteiger partial charge in [-0.1, -0.05) is 67.1 Å². The lowest BCUT2D eigenvalue weighted by molar-refractivity contribution is -0.141. The van der Waals surface area contributed by atoms with E-state index < -0.39 is 34.1 Å². The average Bonchev–Trinajstić information content (AvgIpc) is 2.92. The molecule has 0 aliphatic carbocycles. The zero-order valence-corrected chi connectivity index (χ0v) is 25.6. The second-order valence-corrected chi connectivity index (χ2v) is 12.8. The van der Waals surface area contributed by atoms with E-state index in [1.54, 1.807) is 36.4 Å². The molecular formula is C32H41N3O5S. The van der Waals surface area contributed by atoms with Crippen molar-refractivity contribution in [2.75, 3.05) is 17.5 Å². The zero-order chi connectivity index (χ0) is 30.2. The fourth-order valence-corrected chi connectivity index (χ4v) is 5.87. The van der Waals surface area contributed by atoms with Crippen LogP contribution in [0.4, 0.5) is 5.69 Å². The molecule has 0 aliphatic heterocycles. The minimum Gasteiger partial charge on any atom is -0.492 e. The molecule has 1 atom stereocenters. The molecule has 3 aromatic rings. The first-order valence-electron chi connectivity index (χ1n) is 13.8. The van der Waals surface area contributed by atoms with Crippen molar-refractivity contribution in [1.82, 2.24) is 10.2 Å². The minimum absolute atomic E-state index is 0.0503.